The molecule has 0 aliphatic heterocycles. The maximum absolute atomic E-state index is 10.9. The maximum Gasteiger partial charge on any atom is 0.295 e. The highest BCUT2D eigenvalue weighted by Crippen LogP contribution is 2.16. The standard InChI is InChI=1S/C6H9NO4/c8-5-3-1-2-4-6(5)11-7(9)10/h6H,1-4H2. The molecule has 0 saturated heterocycles. The van der Waals surface area contributed by atoms with E-state index in [-0.39, 0.29) is 5.78 Å². The molecule has 0 spiro atoms. The zero-order valence-corrected chi connectivity index (χ0v) is 5.99. The molecule has 1 fully saturated rings. The number of carbonyl (C=O) groups is 1. The quantitative estimate of drug-likeness (QED) is 0.439. The fraction of sp³-hybridized carbons (Fsp3) is 0.833. The molecule has 1 rings (SSSR count). The highest BCUT2D eigenvalue weighted by atomic mass is 17.0. The number of carbonyl (C=O) groups excluding carboxylic acids is 1. The van der Waals surface area contributed by atoms with Crippen molar-refractivity contribution < 1.29 is 14.7 Å². The minimum absolute atomic E-state index is 0.145. The Balaban J connectivity index is 2.42. The Hall–Kier alpha value is -1.13. The number of Topliss-reactive ketones (excluding diaryl/α,β-unsaturated/α-hetero) is 1. The Morgan fingerprint density at radius 2 is 2.27 bits per heavy atom. The minimum Gasteiger partial charge on any atom is -0.303 e. The number of hydrogen-bond acceptors (Lipinski definition) is 4. The lowest BCUT2D eigenvalue weighted by molar-refractivity contribution is -0.764. The van der Waals surface area contributed by atoms with Crippen LogP contribution in [-0.4, -0.2) is 17.0 Å². The molecule has 0 radical (unpaired) electrons. The van der Waals surface area contributed by atoms with Crippen LogP contribution in [-0.2, 0) is 9.63 Å². The fourth-order valence-corrected chi connectivity index (χ4v) is 1.17. The molecule has 11 heavy (non-hydrogen) atoms. The number of rotatable bonds is 2. The molecule has 0 aromatic heterocycles. The van der Waals surface area contributed by atoms with Crippen LogP contribution in [0.3, 0.4) is 0 Å². The first-order chi connectivity index (χ1) is 5.20. The van der Waals surface area contributed by atoms with Gasteiger partial charge in [-0.1, -0.05) is 6.42 Å². The molecular weight excluding hydrogens is 150 g/mol. The number of nitrogens with zero attached hydrogens (tertiary/aromatic N) is 1. The molecule has 0 heterocycles. The van der Waals surface area contributed by atoms with Crippen LogP contribution in [0.2, 0.25) is 0 Å². The van der Waals surface area contributed by atoms with Gasteiger partial charge in [-0.3, -0.25) is 4.79 Å². The van der Waals surface area contributed by atoms with E-state index in [0.29, 0.717) is 12.8 Å². The van der Waals surface area contributed by atoms with Crippen molar-refractivity contribution >= 4 is 5.78 Å². The van der Waals surface area contributed by atoms with Crippen molar-refractivity contribution in [2.45, 2.75) is 31.8 Å². The molecule has 0 aromatic rings. The zero-order chi connectivity index (χ0) is 8.27. The lowest BCUT2D eigenvalue weighted by Crippen LogP contribution is -2.29. The van der Waals surface area contributed by atoms with E-state index in [1.54, 1.807) is 0 Å². The van der Waals surface area contributed by atoms with E-state index < -0.39 is 11.2 Å². The summed E-state index contributed by atoms with van der Waals surface area (Å²) in [6, 6.07) is 0. The summed E-state index contributed by atoms with van der Waals surface area (Å²) in [6.07, 6.45) is 1.78. The van der Waals surface area contributed by atoms with Gasteiger partial charge in [0.05, 0.1) is 0 Å². The summed E-state index contributed by atoms with van der Waals surface area (Å²) in [5.41, 5.74) is 0. The molecule has 1 aliphatic carbocycles. The van der Waals surface area contributed by atoms with Crippen LogP contribution in [0.1, 0.15) is 25.7 Å². The first-order valence-electron chi connectivity index (χ1n) is 3.54. The second-order valence-electron chi connectivity index (χ2n) is 2.53. The fourth-order valence-electron chi connectivity index (χ4n) is 1.17. The van der Waals surface area contributed by atoms with Gasteiger partial charge in [0.2, 0.25) is 0 Å². The lowest BCUT2D eigenvalue weighted by atomic mass is 9.97. The number of ketones is 1. The summed E-state index contributed by atoms with van der Waals surface area (Å²) >= 11 is 0. The van der Waals surface area contributed by atoms with E-state index in [2.05, 4.69) is 4.84 Å². The molecule has 0 amide bonds. The second kappa shape index (κ2) is 3.32. The largest absolute Gasteiger partial charge is 0.303 e. The van der Waals surface area contributed by atoms with Gasteiger partial charge in [-0.15, -0.1) is 10.1 Å². The van der Waals surface area contributed by atoms with Crippen molar-refractivity contribution in [3.8, 4) is 0 Å². The first kappa shape index (κ1) is 7.97. The Kier molecular flexibility index (Phi) is 2.40. The maximum atomic E-state index is 10.9. The van der Waals surface area contributed by atoms with Crippen molar-refractivity contribution in [2.24, 2.45) is 0 Å². The average molecular weight is 159 g/mol. The van der Waals surface area contributed by atoms with Gasteiger partial charge in [0.1, 0.15) is 0 Å². The van der Waals surface area contributed by atoms with Gasteiger partial charge in [0.25, 0.3) is 5.09 Å². The molecule has 0 aromatic carbocycles. The molecule has 0 N–H and O–H groups in total. The van der Waals surface area contributed by atoms with Crippen molar-refractivity contribution in [2.75, 3.05) is 0 Å². The van der Waals surface area contributed by atoms with Gasteiger partial charge in [-0.2, -0.15) is 0 Å². The van der Waals surface area contributed by atoms with E-state index >= 15 is 0 Å². The molecule has 1 saturated carbocycles. The van der Waals surface area contributed by atoms with Crippen LogP contribution in [0.15, 0.2) is 0 Å². The predicted molar refractivity (Wildman–Crippen MR) is 35.3 cm³/mol. The van der Waals surface area contributed by atoms with Crippen LogP contribution in [0, 0.1) is 10.1 Å². The highest BCUT2D eigenvalue weighted by Gasteiger charge is 2.24. The van der Waals surface area contributed by atoms with E-state index in [4.69, 9.17) is 0 Å². The molecule has 0 bridgehead atoms. The van der Waals surface area contributed by atoms with Crippen LogP contribution in [0.25, 0.3) is 0 Å². The third-order valence-corrected chi connectivity index (χ3v) is 1.71. The van der Waals surface area contributed by atoms with Crippen molar-refractivity contribution in [1.29, 1.82) is 0 Å². The minimum atomic E-state index is -0.895. The smallest absolute Gasteiger partial charge is 0.295 e. The second-order valence-corrected chi connectivity index (χ2v) is 2.53. The van der Waals surface area contributed by atoms with Gasteiger partial charge in [-0.25, -0.2) is 0 Å². The third kappa shape index (κ3) is 2.18. The van der Waals surface area contributed by atoms with Gasteiger partial charge >= 0.3 is 0 Å². The Labute approximate surface area is 63.4 Å². The summed E-state index contributed by atoms with van der Waals surface area (Å²) in [6.45, 7) is 0. The molecule has 62 valence electrons. The molecule has 1 aliphatic rings. The highest BCUT2D eigenvalue weighted by molar-refractivity contribution is 5.83. The van der Waals surface area contributed by atoms with Crippen molar-refractivity contribution in [3.63, 3.8) is 0 Å². The third-order valence-electron chi connectivity index (χ3n) is 1.71. The monoisotopic (exact) mass is 159 g/mol. The van der Waals surface area contributed by atoms with Crippen LogP contribution in [0.5, 0.6) is 0 Å². The van der Waals surface area contributed by atoms with E-state index in [1.807, 2.05) is 0 Å². The van der Waals surface area contributed by atoms with Crippen LogP contribution < -0.4 is 0 Å². The summed E-state index contributed by atoms with van der Waals surface area (Å²) < 4.78 is 0. The molecule has 1 atom stereocenters. The van der Waals surface area contributed by atoms with Gasteiger partial charge in [-0.05, 0) is 12.8 Å². The van der Waals surface area contributed by atoms with Crippen molar-refractivity contribution in [3.05, 3.63) is 10.1 Å². The Morgan fingerprint density at radius 1 is 1.55 bits per heavy atom. The summed E-state index contributed by atoms with van der Waals surface area (Å²) in [5.74, 6) is -0.145. The average Bonchev–Trinajstić information content (AvgIpc) is 1.93. The van der Waals surface area contributed by atoms with Gasteiger partial charge in [0, 0.05) is 6.42 Å². The number of hydrogen-bond donors (Lipinski definition) is 0. The van der Waals surface area contributed by atoms with Gasteiger partial charge < -0.3 is 4.84 Å². The summed E-state index contributed by atoms with van der Waals surface area (Å²) in [4.78, 5) is 24.9. The zero-order valence-electron chi connectivity index (χ0n) is 5.99. The SMILES string of the molecule is O=C1CCCCC1O[N+](=O)[O-]. The Bertz CT molecular complexity index is 179. The van der Waals surface area contributed by atoms with E-state index in [9.17, 15) is 14.9 Å². The van der Waals surface area contributed by atoms with Gasteiger partial charge in [0.15, 0.2) is 11.9 Å². The normalized spacial score (nSPS) is 24.7. The summed E-state index contributed by atoms with van der Waals surface area (Å²) in [5, 5.41) is 8.95. The Morgan fingerprint density at radius 3 is 2.82 bits per heavy atom. The summed E-state index contributed by atoms with van der Waals surface area (Å²) in [7, 11) is 0. The molecule has 5 heteroatoms. The van der Waals surface area contributed by atoms with Crippen LogP contribution >= 0.6 is 0 Å². The molecule has 5 nitrogen and oxygen atoms in total. The van der Waals surface area contributed by atoms with Crippen molar-refractivity contribution in [1.82, 2.24) is 0 Å². The predicted octanol–water partition coefficient (Wildman–Crippen LogP) is 0.706. The first-order valence-corrected chi connectivity index (χ1v) is 3.54. The van der Waals surface area contributed by atoms with E-state index in [0.717, 1.165) is 12.8 Å². The molecule has 1 unspecified atom stereocenters. The lowest BCUT2D eigenvalue weighted by Gasteiger charge is -2.17. The van der Waals surface area contributed by atoms with Crippen LogP contribution in [0.4, 0.5) is 0 Å². The molecular formula is C6H9NO4. The van der Waals surface area contributed by atoms with E-state index in [1.165, 1.54) is 0 Å². The topological polar surface area (TPSA) is 69.4 Å².